The Labute approximate surface area is 231 Å². The van der Waals surface area contributed by atoms with Crippen molar-refractivity contribution in [2.24, 2.45) is 0 Å². The van der Waals surface area contributed by atoms with Gasteiger partial charge in [-0.2, -0.15) is 5.10 Å². The summed E-state index contributed by atoms with van der Waals surface area (Å²) in [6.45, 7) is 5.39. The second-order valence-electron chi connectivity index (χ2n) is 11.1. The molecule has 0 bridgehead atoms. The van der Waals surface area contributed by atoms with E-state index in [2.05, 4.69) is 19.9 Å². The van der Waals surface area contributed by atoms with Gasteiger partial charge in [0, 0.05) is 67.5 Å². The molecule has 0 saturated carbocycles. The van der Waals surface area contributed by atoms with E-state index in [0.29, 0.717) is 31.2 Å². The van der Waals surface area contributed by atoms with Crippen LogP contribution in [0, 0.1) is 0 Å². The van der Waals surface area contributed by atoms with E-state index >= 15 is 0 Å². The molecule has 0 radical (unpaired) electrons. The third-order valence-corrected chi connectivity index (χ3v) is 8.72. The van der Waals surface area contributed by atoms with Gasteiger partial charge in [-0.25, -0.2) is 13.8 Å². The molecule has 4 aromatic rings. The number of pyridine rings is 1. The van der Waals surface area contributed by atoms with Crippen LogP contribution in [0.25, 0.3) is 16.8 Å². The summed E-state index contributed by atoms with van der Waals surface area (Å²) in [6.07, 6.45) is 7.23. The molecule has 8 nitrogen and oxygen atoms in total. The zero-order valence-corrected chi connectivity index (χ0v) is 22.6. The monoisotopic (exact) mass is 545 g/mol. The Morgan fingerprint density at radius 3 is 2.77 bits per heavy atom. The van der Waals surface area contributed by atoms with Crippen LogP contribution in [0.1, 0.15) is 61.0 Å². The Kier molecular flexibility index (Phi) is 6.30. The number of carbonyl (C=O) groups is 1. The van der Waals surface area contributed by atoms with Gasteiger partial charge in [-0.15, -0.1) is 0 Å². The van der Waals surface area contributed by atoms with Crippen LogP contribution in [-0.4, -0.2) is 56.2 Å². The Morgan fingerprint density at radius 2 is 1.98 bits per heavy atom. The predicted octanol–water partition coefficient (Wildman–Crippen LogP) is 5.05. The Bertz CT molecular complexity index is 1590. The summed E-state index contributed by atoms with van der Waals surface area (Å²) in [5.41, 5.74) is 6.17. The first-order valence-corrected chi connectivity index (χ1v) is 14.2. The smallest absolute Gasteiger partial charge is 0.264 e. The van der Waals surface area contributed by atoms with Gasteiger partial charge in [0.2, 0.25) is 5.91 Å². The van der Waals surface area contributed by atoms with E-state index in [1.807, 2.05) is 39.9 Å². The lowest BCUT2D eigenvalue weighted by Crippen LogP contribution is -2.36. The van der Waals surface area contributed by atoms with Crippen molar-refractivity contribution in [2.45, 2.75) is 58.0 Å². The van der Waals surface area contributed by atoms with Crippen LogP contribution in [0.3, 0.4) is 0 Å². The lowest BCUT2D eigenvalue weighted by atomic mass is 9.92. The van der Waals surface area contributed by atoms with Gasteiger partial charge in [-0.05, 0) is 79.7 Å². The highest BCUT2D eigenvalue weighted by Gasteiger charge is 2.34. The molecule has 6 heterocycles. The highest BCUT2D eigenvalue weighted by Crippen LogP contribution is 2.43. The highest BCUT2D eigenvalue weighted by atomic mass is 19.3. The fourth-order valence-corrected chi connectivity index (χ4v) is 6.65. The first-order valence-electron chi connectivity index (χ1n) is 14.2. The molecule has 0 atom stereocenters. The van der Waals surface area contributed by atoms with Gasteiger partial charge in [0.1, 0.15) is 5.65 Å². The van der Waals surface area contributed by atoms with Crippen molar-refractivity contribution in [2.75, 3.05) is 31.1 Å². The maximum absolute atomic E-state index is 14.6. The number of hydrogen-bond acceptors (Lipinski definition) is 5. The van der Waals surface area contributed by atoms with E-state index < -0.39 is 6.43 Å². The molecular weight excluding hydrogens is 512 g/mol. The van der Waals surface area contributed by atoms with E-state index in [0.717, 1.165) is 79.0 Å². The first kappa shape index (κ1) is 25.2. The number of hydrogen-bond donors (Lipinski definition) is 1. The molecule has 1 saturated heterocycles. The van der Waals surface area contributed by atoms with Crippen LogP contribution in [0.5, 0.6) is 0 Å². The molecule has 208 valence electrons. The Morgan fingerprint density at radius 1 is 1.12 bits per heavy atom. The zero-order valence-electron chi connectivity index (χ0n) is 22.6. The molecule has 1 aromatic carbocycles. The second-order valence-corrected chi connectivity index (χ2v) is 11.1. The number of carbonyl (C=O) groups excluding carboxylic acids is 1. The molecule has 3 aliphatic heterocycles. The van der Waals surface area contributed by atoms with Crippen molar-refractivity contribution < 1.29 is 13.6 Å². The van der Waals surface area contributed by atoms with Crippen LogP contribution < -0.4 is 10.2 Å². The molecule has 0 spiro atoms. The number of aryl methyl sites for hydroxylation is 1. The molecule has 3 aromatic heterocycles. The summed E-state index contributed by atoms with van der Waals surface area (Å²) < 4.78 is 33.3. The average Bonchev–Trinajstić information content (AvgIpc) is 3.60. The quantitative estimate of drug-likeness (QED) is 0.389. The van der Waals surface area contributed by atoms with Crippen molar-refractivity contribution >= 4 is 23.1 Å². The maximum atomic E-state index is 14.6. The van der Waals surface area contributed by atoms with Crippen molar-refractivity contribution in [1.29, 1.82) is 0 Å². The minimum Gasteiger partial charge on any atom is -0.338 e. The lowest BCUT2D eigenvalue weighted by Gasteiger charge is -2.33. The standard InChI is InChI=1S/C30H33F2N7O/c1-19(40)36-13-8-26-25(18-36)30(35-39(26)22-6-9-33-10-7-22)38-12-2-3-20-15-23(24(29(31)32)16-27(20)38)21-4-5-28-34-11-14-37(28)17-21/h4-5,11,14-17,22,29,33H,2-3,6-10,12-13,18H2,1H3. The number of fused-ring (bicyclic) bond motifs is 3. The first-order chi connectivity index (χ1) is 19.5. The number of halogens is 2. The van der Waals surface area contributed by atoms with Gasteiger partial charge in [0.15, 0.2) is 5.82 Å². The highest BCUT2D eigenvalue weighted by molar-refractivity contribution is 5.78. The van der Waals surface area contributed by atoms with Crippen molar-refractivity contribution in [3.8, 4) is 11.1 Å². The van der Waals surface area contributed by atoms with E-state index in [4.69, 9.17) is 5.10 Å². The second kappa shape index (κ2) is 9.99. The van der Waals surface area contributed by atoms with Crippen LogP contribution in [-0.2, 0) is 24.2 Å². The predicted molar refractivity (Wildman–Crippen MR) is 149 cm³/mol. The van der Waals surface area contributed by atoms with Gasteiger partial charge in [0.05, 0.1) is 12.6 Å². The van der Waals surface area contributed by atoms with Gasteiger partial charge in [0.25, 0.3) is 6.43 Å². The van der Waals surface area contributed by atoms with Gasteiger partial charge < -0.3 is 19.5 Å². The van der Waals surface area contributed by atoms with E-state index in [1.165, 1.54) is 5.69 Å². The summed E-state index contributed by atoms with van der Waals surface area (Å²) >= 11 is 0. The number of piperidine rings is 1. The summed E-state index contributed by atoms with van der Waals surface area (Å²) in [7, 11) is 0. The summed E-state index contributed by atoms with van der Waals surface area (Å²) in [6, 6.07) is 7.64. The van der Waals surface area contributed by atoms with Crippen molar-refractivity contribution in [3.63, 3.8) is 0 Å². The molecule has 1 amide bonds. The summed E-state index contributed by atoms with van der Waals surface area (Å²) in [5, 5.41) is 8.63. The van der Waals surface area contributed by atoms with E-state index in [1.54, 1.807) is 19.2 Å². The van der Waals surface area contributed by atoms with Gasteiger partial charge >= 0.3 is 0 Å². The number of nitrogens with zero attached hydrogens (tertiary/aromatic N) is 6. The maximum Gasteiger partial charge on any atom is 0.264 e. The molecule has 1 N–H and O–H groups in total. The fourth-order valence-electron chi connectivity index (χ4n) is 6.65. The lowest BCUT2D eigenvalue weighted by molar-refractivity contribution is -0.129. The minimum absolute atomic E-state index is 0.0159. The topological polar surface area (TPSA) is 70.7 Å². The van der Waals surface area contributed by atoms with Crippen LogP contribution in [0.4, 0.5) is 20.3 Å². The number of alkyl halides is 2. The third-order valence-electron chi connectivity index (χ3n) is 8.72. The molecular formula is C30H33F2N7O. The molecule has 10 heteroatoms. The third kappa shape index (κ3) is 4.25. The summed E-state index contributed by atoms with van der Waals surface area (Å²) in [5.74, 6) is 0.859. The molecule has 0 aliphatic carbocycles. The number of rotatable bonds is 4. The SMILES string of the molecule is CC(=O)N1CCc2c(c(N3CCCc4cc(-c5ccc6nccn6c5)c(C(F)F)cc43)nn2C2CCNCC2)C1. The number of aromatic nitrogens is 4. The van der Waals surface area contributed by atoms with E-state index in [-0.39, 0.29) is 11.5 Å². The number of nitrogens with one attached hydrogen (secondary N) is 1. The van der Waals surface area contributed by atoms with Gasteiger partial charge in [-0.3, -0.25) is 9.48 Å². The molecule has 1 fully saturated rings. The number of anilines is 2. The molecule has 3 aliphatic rings. The number of amides is 1. The number of benzene rings is 1. The average molecular weight is 546 g/mol. The van der Waals surface area contributed by atoms with Gasteiger partial charge in [-0.1, -0.05) is 0 Å². The number of imidazole rings is 1. The molecule has 7 rings (SSSR count). The largest absolute Gasteiger partial charge is 0.338 e. The zero-order chi connectivity index (χ0) is 27.4. The summed E-state index contributed by atoms with van der Waals surface area (Å²) in [4.78, 5) is 20.6. The Hall–Kier alpha value is -3.79. The fraction of sp³-hybridized carbons (Fsp3) is 0.433. The molecule has 40 heavy (non-hydrogen) atoms. The van der Waals surface area contributed by atoms with Crippen molar-refractivity contribution in [1.82, 2.24) is 29.4 Å². The minimum atomic E-state index is -2.63. The van der Waals surface area contributed by atoms with Crippen molar-refractivity contribution in [3.05, 3.63) is 65.2 Å². The molecule has 0 unspecified atom stereocenters. The Balaban J connectivity index is 1.35. The van der Waals surface area contributed by atoms with Crippen LogP contribution >= 0.6 is 0 Å². The van der Waals surface area contributed by atoms with Crippen LogP contribution in [0.15, 0.2) is 42.9 Å². The van der Waals surface area contributed by atoms with Crippen LogP contribution in [0.2, 0.25) is 0 Å². The normalized spacial score (nSPS) is 17.9. The van der Waals surface area contributed by atoms with E-state index in [9.17, 15) is 13.6 Å².